The fourth-order valence-electron chi connectivity index (χ4n) is 11.2. The molecule has 0 radical (unpaired) electrons. The van der Waals surface area contributed by atoms with Gasteiger partial charge in [0.2, 0.25) is 0 Å². The lowest BCUT2D eigenvalue weighted by atomic mass is 9.43. The first-order valence-electron chi connectivity index (χ1n) is 16.1. The van der Waals surface area contributed by atoms with E-state index < -0.39 is 0 Å². The molecule has 0 aliphatic heterocycles. The monoisotopic (exact) mass is 528 g/mol. The van der Waals surface area contributed by atoms with Crippen LogP contribution in [0.5, 0.6) is 0 Å². The van der Waals surface area contributed by atoms with Crippen molar-refractivity contribution in [2.24, 2.45) is 23.2 Å². The van der Waals surface area contributed by atoms with Crippen LogP contribution < -0.4 is 0 Å². The van der Waals surface area contributed by atoms with Crippen molar-refractivity contribution in [3.05, 3.63) is 106 Å². The Hall–Kier alpha value is -2.87. The lowest BCUT2D eigenvalue weighted by Gasteiger charge is -2.62. The third-order valence-corrected chi connectivity index (χ3v) is 12.3. The molecule has 2 heteroatoms. The Labute approximate surface area is 238 Å². The molecule has 0 heterocycles. The Morgan fingerprint density at radius 1 is 0.750 bits per heavy atom. The predicted molar refractivity (Wildman–Crippen MR) is 158 cm³/mol. The van der Waals surface area contributed by atoms with E-state index in [1.807, 2.05) is 0 Å². The van der Waals surface area contributed by atoms with Crippen LogP contribution in [0.15, 0.2) is 66.7 Å². The molecule has 3 unspecified atom stereocenters. The molecule has 0 spiro atoms. The summed E-state index contributed by atoms with van der Waals surface area (Å²) in [5.74, 6) is 2.00. The molecule has 40 heavy (non-hydrogen) atoms. The van der Waals surface area contributed by atoms with Gasteiger partial charge in [-0.25, -0.2) is 0 Å². The highest BCUT2D eigenvalue weighted by Gasteiger charge is 2.59. The number of fused-ring (bicyclic) bond motifs is 2. The topological polar surface area (TPSA) is 26.3 Å². The van der Waals surface area contributed by atoms with Gasteiger partial charge in [0.25, 0.3) is 0 Å². The number of ether oxygens (including phenoxy) is 1. The van der Waals surface area contributed by atoms with E-state index in [1.165, 1.54) is 86.5 Å². The summed E-state index contributed by atoms with van der Waals surface area (Å²) in [6, 6.07) is 25.2. The molecule has 6 bridgehead atoms. The van der Waals surface area contributed by atoms with Crippen LogP contribution in [0.3, 0.4) is 0 Å². The molecule has 204 valence electrons. The van der Waals surface area contributed by atoms with Crippen molar-refractivity contribution >= 4 is 5.97 Å². The average Bonchev–Trinajstić information content (AvgIpc) is 2.99. The standard InChI is InChI=1S/C38H40O2/c39-36(34-17-33-29-9-3-5-11-31(29)35(34)32-12-6-4-10-30(32)33)40-23-37-18-24-15-25(19-37)21-38(20-24,22-37)28-14-13-26-7-1-2-8-27(26)16-28/h3-6,9-14,16,24-25,33-35H,1-2,7-8,15,17-23H2. The quantitative estimate of drug-likeness (QED) is 0.319. The van der Waals surface area contributed by atoms with Crippen molar-refractivity contribution in [3.63, 3.8) is 0 Å². The van der Waals surface area contributed by atoms with Gasteiger partial charge in [0.05, 0.1) is 12.5 Å². The molecule has 8 aliphatic rings. The zero-order chi connectivity index (χ0) is 26.5. The summed E-state index contributed by atoms with van der Waals surface area (Å²) in [5.41, 5.74) is 10.8. The fraction of sp³-hybridized carbons (Fsp3) is 0.500. The van der Waals surface area contributed by atoms with Crippen molar-refractivity contribution in [2.45, 2.75) is 87.9 Å². The minimum Gasteiger partial charge on any atom is -0.465 e. The van der Waals surface area contributed by atoms with E-state index >= 15 is 0 Å². The summed E-state index contributed by atoms with van der Waals surface area (Å²) in [5, 5.41) is 0. The molecule has 11 rings (SSSR count). The number of aryl methyl sites for hydroxylation is 2. The van der Waals surface area contributed by atoms with E-state index in [2.05, 4.69) is 66.7 Å². The van der Waals surface area contributed by atoms with Crippen LogP contribution >= 0.6 is 0 Å². The molecule has 4 saturated carbocycles. The van der Waals surface area contributed by atoms with Gasteiger partial charge < -0.3 is 4.74 Å². The minimum absolute atomic E-state index is 0.0533. The Balaban J connectivity index is 0.990. The Morgan fingerprint density at radius 2 is 1.40 bits per heavy atom. The number of carbonyl (C=O) groups is 1. The Morgan fingerprint density at radius 3 is 2.10 bits per heavy atom. The van der Waals surface area contributed by atoms with E-state index in [9.17, 15) is 4.79 Å². The van der Waals surface area contributed by atoms with Gasteiger partial charge in [0.15, 0.2) is 0 Å². The van der Waals surface area contributed by atoms with E-state index in [0.717, 1.165) is 18.3 Å². The average molecular weight is 529 g/mol. The highest BCUT2D eigenvalue weighted by molar-refractivity contribution is 5.77. The lowest BCUT2D eigenvalue weighted by Crippen LogP contribution is -2.55. The van der Waals surface area contributed by atoms with Crippen LogP contribution in [0.2, 0.25) is 0 Å². The van der Waals surface area contributed by atoms with Crippen molar-refractivity contribution in [2.75, 3.05) is 6.61 Å². The third-order valence-electron chi connectivity index (χ3n) is 12.3. The van der Waals surface area contributed by atoms with Gasteiger partial charge in [-0.3, -0.25) is 4.79 Å². The highest BCUT2D eigenvalue weighted by Crippen LogP contribution is 2.66. The molecular weight excluding hydrogens is 488 g/mol. The summed E-state index contributed by atoms with van der Waals surface area (Å²) >= 11 is 0. The molecule has 3 aromatic carbocycles. The number of hydrogen-bond donors (Lipinski definition) is 0. The van der Waals surface area contributed by atoms with Gasteiger partial charge in [-0.15, -0.1) is 0 Å². The van der Waals surface area contributed by atoms with Gasteiger partial charge in [0.1, 0.15) is 0 Å². The van der Waals surface area contributed by atoms with E-state index in [4.69, 9.17) is 4.74 Å². The number of esters is 1. The largest absolute Gasteiger partial charge is 0.465 e. The van der Waals surface area contributed by atoms with Crippen LogP contribution in [-0.4, -0.2) is 12.6 Å². The lowest BCUT2D eigenvalue weighted by molar-refractivity contribution is -0.163. The number of rotatable bonds is 4. The molecule has 0 amide bonds. The molecule has 4 fully saturated rings. The Kier molecular flexibility index (Phi) is 5.10. The second-order valence-electron chi connectivity index (χ2n) is 14.7. The van der Waals surface area contributed by atoms with Gasteiger partial charge in [-0.05, 0) is 127 Å². The van der Waals surface area contributed by atoms with Gasteiger partial charge in [-0.2, -0.15) is 0 Å². The van der Waals surface area contributed by atoms with E-state index in [0.29, 0.717) is 17.9 Å². The zero-order valence-corrected chi connectivity index (χ0v) is 23.5. The van der Waals surface area contributed by atoms with Crippen molar-refractivity contribution < 1.29 is 9.53 Å². The third kappa shape index (κ3) is 3.44. The first kappa shape index (κ1) is 23.8. The first-order chi connectivity index (χ1) is 19.6. The summed E-state index contributed by atoms with van der Waals surface area (Å²) in [7, 11) is 0. The van der Waals surface area contributed by atoms with Crippen molar-refractivity contribution in [3.8, 4) is 0 Å². The SMILES string of the molecule is O=C(OCC12CC3CC(C1)CC(c1ccc4c(c1)CCCC4)(C3)C2)C1CC2c3ccccc3C1c1ccccc12. The molecule has 3 atom stereocenters. The maximum atomic E-state index is 14.0. The first-order valence-corrected chi connectivity index (χ1v) is 16.1. The second kappa shape index (κ2) is 8.57. The second-order valence-corrected chi connectivity index (χ2v) is 14.7. The smallest absolute Gasteiger partial charge is 0.309 e. The van der Waals surface area contributed by atoms with Gasteiger partial charge >= 0.3 is 5.97 Å². The molecule has 2 nitrogen and oxygen atoms in total. The Bertz CT molecular complexity index is 1450. The van der Waals surface area contributed by atoms with Crippen LogP contribution in [0.25, 0.3) is 0 Å². The summed E-state index contributed by atoms with van der Waals surface area (Å²) in [6.45, 7) is 0.628. The molecule has 0 N–H and O–H groups in total. The molecule has 0 saturated heterocycles. The van der Waals surface area contributed by atoms with Crippen LogP contribution in [0.1, 0.15) is 109 Å². The number of benzene rings is 3. The van der Waals surface area contributed by atoms with Crippen LogP contribution in [-0.2, 0) is 27.8 Å². The van der Waals surface area contributed by atoms with Gasteiger partial charge in [-0.1, -0.05) is 66.7 Å². The normalized spacial score (nSPS) is 36.0. The number of hydrogen-bond acceptors (Lipinski definition) is 2. The molecule has 8 aliphatic carbocycles. The minimum atomic E-state index is -0.0710. The van der Waals surface area contributed by atoms with Crippen LogP contribution in [0, 0.1) is 23.2 Å². The van der Waals surface area contributed by atoms with Crippen molar-refractivity contribution in [1.29, 1.82) is 0 Å². The van der Waals surface area contributed by atoms with Crippen LogP contribution in [0.4, 0.5) is 0 Å². The van der Waals surface area contributed by atoms with Crippen molar-refractivity contribution in [1.82, 2.24) is 0 Å². The zero-order valence-electron chi connectivity index (χ0n) is 23.5. The maximum absolute atomic E-state index is 14.0. The fourth-order valence-corrected chi connectivity index (χ4v) is 11.2. The summed E-state index contributed by atoms with van der Waals surface area (Å²) in [4.78, 5) is 14.0. The van der Waals surface area contributed by atoms with Gasteiger partial charge in [0, 0.05) is 17.3 Å². The van der Waals surface area contributed by atoms with E-state index in [1.54, 1.807) is 16.7 Å². The highest BCUT2D eigenvalue weighted by atomic mass is 16.5. The molecular formula is C38H40O2. The maximum Gasteiger partial charge on any atom is 0.309 e. The van der Waals surface area contributed by atoms with E-state index in [-0.39, 0.29) is 23.2 Å². The summed E-state index contributed by atoms with van der Waals surface area (Å²) < 4.78 is 6.48. The molecule has 3 aromatic rings. The number of carbonyl (C=O) groups excluding carboxylic acids is 1. The summed E-state index contributed by atoms with van der Waals surface area (Å²) in [6.07, 6.45) is 13.9. The molecule has 0 aromatic heterocycles. The predicted octanol–water partition coefficient (Wildman–Crippen LogP) is 8.24.